The predicted octanol–water partition coefficient (Wildman–Crippen LogP) is 1.24. The third kappa shape index (κ3) is 3.10. The molecule has 4 rings (SSSR count). The number of piperidine rings is 1. The first kappa shape index (κ1) is 17.7. The van der Waals surface area contributed by atoms with Crippen LogP contribution in [0.4, 0.5) is 5.82 Å². The van der Waals surface area contributed by atoms with Gasteiger partial charge < -0.3 is 26.3 Å². The molecule has 0 saturated carbocycles. The minimum absolute atomic E-state index is 0.259. The van der Waals surface area contributed by atoms with Gasteiger partial charge in [0.25, 0.3) is 5.56 Å². The molecule has 142 valence electrons. The fourth-order valence-corrected chi connectivity index (χ4v) is 4.18. The van der Waals surface area contributed by atoms with Crippen molar-refractivity contribution in [3.63, 3.8) is 0 Å². The number of H-pyrrole nitrogens is 1. The van der Waals surface area contributed by atoms with Gasteiger partial charge >= 0.3 is 0 Å². The number of allylic oxidation sites excluding steroid dienone is 2. The molecular weight excluding hydrogens is 342 g/mol. The molecule has 2 fully saturated rings. The zero-order valence-corrected chi connectivity index (χ0v) is 15.5. The maximum Gasteiger partial charge on any atom is 0.274 e. The second-order valence-electron chi connectivity index (χ2n) is 7.59. The van der Waals surface area contributed by atoms with Crippen molar-refractivity contribution in [1.82, 2.24) is 20.3 Å². The van der Waals surface area contributed by atoms with Crippen LogP contribution in [0.3, 0.4) is 0 Å². The lowest BCUT2D eigenvalue weighted by Gasteiger charge is -2.39. The molecule has 8 heteroatoms. The molecule has 0 aromatic carbocycles. The van der Waals surface area contributed by atoms with E-state index >= 15 is 0 Å². The Morgan fingerprint density at radius 3 is 2.74 bits per heavy atom. The first-order chi connectivity index (χ1) is 13.0. The number of aromatic nitrogens is 3. The summed E-state index contributed by atoms with van der Waals surface area (Å²) in [6.07, 6.45) is 6.21. The number of anilines is 1. The van der Waals surface area contributed by atoms with Gasteiger partial charge in [0, 0.05) is 37.7 Å². The Morgan fingerprint density at radius 2 is 2.11 bits per heavy atom. The summed E-state index contributed by atoms with van der Waals surface area (Å²) < 4.78 is 0. The van der Waals surface area contributed by atoms with E-state index in [0.29, 0.717) is 28.0 Å². The van der Waals surface area contributed by atoms with Crippen molar-refractivity contribution in [2.75, 3.05) is 31.1 Å². The van der Waals surface area contributed by atoms with Crippen molar-refractivity contribution in [2.45, 2.75) is 26.2 Å². The molecule has 1 spiro atoms. The van der Waals surface area contributed by atoms with Gasteiger partial charge in [-0.2, -0.15) is 0 Å². The van der Waals surface area contributed by atoms with E-state index in [2.05, 4.69) is 20.2 Å². The minimum Gasteiger partial charge on any atom is -0.402 e. The highest BCUT2D eigenvalue weighted by atomic mass is 16.1. The standard InChI is InChI=1S/C19H25N7O/c1-12(21)14(10-20)16-24-15-13(2-6-23-18(15)27)17(25-16)26-8-4-19(5-9-26)3-7-22-11-19/h2,6,10,20,22H,3-5,7-9,11,21H2,1H3,(H,23,27). The van der Waals surface area contributed by atoms with E-state index in [9.17, 15) is 4.79 Å². The number of rotatable bonds is 3. The molecule has 0 radical (unpaired) electrons. The molecule has 4 heterocycles. The number of nitrogens with one attached hydrogen (secondary N) is 3. The SMILES string of the molecule is CC(N)=C(C=N)c1nc(N2CCC3(CCNC3)CC2)c2cc[nH]c(=O)c2n1. The van der Waals surface area contributed by atoms with Crippen molar-refractivity contribution >= 4 is 28.5 Å². The maximum atomic E-state index is 12.4. The Hall–Kier alpha value is -2.74. The molecule has 0 amide bonds. The molecule has 2 aromatic rings. The third-order valence-corrected chi connectivity index (χ3v) is 5.87. The van der Waals surface area contributed by atoms with Gasteiger partial charge in [0.15, 0.2) is 5.82 Å². The minimum atomic E-state index is -0.259. The summed E-state index contributed by atoms with van der Waals surface area (Å²) in [5, 5.41) is 11.9. The quantitative estimate of drug-likeness (QED) is 0.605. The maximum absolute atomic E-state index is 12.4. The Kier molecular flexibility index (Phi) is 4.43. The van der Waals surface area contributed by atoms with Gasteiger partial charge in [-0.1, -0.05) is 0 Å². The van der Waals surface area contributed by atoms with Gasteiger partial charge in [0.05, 0.1) is 11.0 Å². The number of hydrogen-bond donors (Lipinski definition) is 4. The van der Waals surface area contributed by atoms with Crippen LogP contribution in [-0.4, -0.2) is 47.3 Å². The molecule has 2 saturated heterocycles. The molecule has 27 heavy (non-hydrogen) atoms. The van der Waals surface area contributed by atoms with Gasteiger partial charge in [-0.25, -0.2) is 9.97 Å². The van der Waals surface area contributed by atoms with E-state index < -0.39 is 0 Å². The molecule has 0 unspecified atom stereocenters. The molecular formula is C19H25N7O. The van der Waals surface area contributed by atoms with Gasteiger partial charge in [-0.15, -0.1) is 0 Å². The topological polar surface area (TPSA) is 124 Å². The van der Waals surface area contributed by atoms with Crippen molar-refractivity contribution < 1.29 is 0 Å². The summed E-state index contributed by atoms with van der Waals surface area (Å²) in [5.41, 5.74) is 7.28. The molecule has 2 aliphatic heterocycles. The van der Waals surface area contributed by atoms with Crippen LogP contribution in [0.2, 0.25) is 0 Å². The fourth-order valence-electron chi connectivity index (χ4n) is 4.18. The second kappa shape index (κ2) is 6.77. The number of nitrogens with two attached hydrogens (primary N) is 1. The lowest BCUT2D eigenvalue weighted by Crippen LogP contribution is -2.41. The molecule has 0 aliphatic carbocycles. The van der Waals surface area contributed by atoms with E-state index in [1.54, 1.807) is 13.1 Å². The van der Waals surface area contributed by atoms with Crippen LogP contribution < -0.4 is 21.5 Å². The van der Waals surface area contributed by atoms with Crippen molar-refractivity contribution in [1.29, 1.82) is 5.41 Å². The van der Waals surface area contributed by atoms with E-state index in [4.69, 9.17) is 16.1 Å². The van der Waals surface area contributed by atoms with Crippen LogP contribution in [0.15, 0.2) is 22.8 Å². The van der Waals surface area contributed by atoms with E-state index in [1.807, 2.05) is 6.07 Å². The van der Waals surface area contributed by atoms with Crippen molar-refractivity contribution in [2.24, 2.45) is 11.1 Å². The molecule has 2 aliphatic rings. The third-order valence-electron chi connectivity index (χ3n) is 5.87. The highest BCUT2D eigenvalue weighted by Crippen LogP contribution is 2.39. The Labute approximate surface area is 157 Å². The summed E-state index contributed by atoms with van der Waals surface area (Å²) in [6.45, 7) is 5.68. The molecule has 0 atom stereocenters. The van der Waals surface area contributed by atoms with E-state index in [0.717, 1.165) is 56.4 Å². The lowest BCUT2D eigenvalue weighted by molar-refractivity contribution is 0.247. The number of hydrogen-bond acceptors (Lipinski definition) is 7. The summed E-state index contributed by atoms with van der Waals surface area (Å²) >= 11 is 0. The van der Waals surface area contributed by atoms with Crippen LogP contribution >= 0.6 is 0 Å². The first-order valence-electron chi connectivity index (χ1n) is 9.35. The number of aromatic amines is 1. The fraction of sp³-hybridized carbons (Fsp3) is 0.474. The van der Waals surface area contributed by atoms with Crippen LogP contribution in [0.5, 0.6) is 0 Å². The second-order valence-corrected chi connectivity index (χ2v) is 7.59. The largest absolute Gasteiger partial charge is 0.402 e. The summed E-state index contributed by atoms with van der Waals surface area (Å²) in [7, 11) is 0. The Balaban J connectivity index is 1.80. The van der Waals surface area contributed by atoms with E-state index in [-0.39, 0.29) is 5.56 Å². The van der Waals surface area contributed by atoms with Crippen LogP contribution in [-0.2, 0) is 0 Å². The number of fused-ring (bicyclic) bond motifs is 1. The van der Waals surface area contributed by atoms with Gasteiger partial charge in [-0.3, -0.25) is 4.79 Å². The number of nitrogens with zero attached hydrogens (tertiary/aromatic N) is 3. The highest BCUT2D eigenvalue weighted by molar-refractivity contribution is 6.08. The summed E-state index contributed by atoms with van der Waals surface area (Å²) in [4.78, 5) is 26.4. The molecule has 5 N–H and O–H groups in total. The smallest absolute Gasteiger partial charge is 0.274 e. The van der Waals surface area contributed by atoms with Crippen LogP contribution in [0.25, 0.3) is 16.5 Å². The highest BCUT2D eigenvalue weighted by Gasteiger charge is 2.37. The summed E-state index contributed by atoms with van der Waals surface area (Å²) in [6, 6.07) is 1.85. The molecule has 8 nitrogen and oxygen atoms in total. The summed E-state index contributed by atoms with van der Waals surface area (Å²) in [5.74, 6) is 1.08. The van der Waals surface area contributed by atoms with Crippen LogP contribution in [0.1, 0.15) is 32.0 Å². The molecule has 2 aromatic heterocycles. The predicted molar refractivity (Wildman–Crippen MR) is 107 cm³/mol. The lowest BCUT2D eigenvalue weighted by atomic mass is 9.78. The monoisotopic (exact) mass is 367 g/mol. The van der Waals surface area contributed by atoms with Gasteiger partial charge in [0.1, 0.15) is 11.3 Å². The Bertz CT molecular complexity index is 958. The van der Waals surface area contributed by atoms with Gasteiger partial charge in [0.2, 0.25) is 0 Å². The van der Waals surface area contributed by atoms with Crippen molar-refractivity contribution in [3.8, 4) is 0 Å². The number of pyridine rings is 1. The Morgan fingerprint density at radius 1 is 1.33 bits per heavy atom. The normalized spacial score (nSPS) is 20.1. The van der Waals surface area contributed by atoms with Crippen LogP contribution in [0, 0.1) is 10.8 Å². The zero-order valence-electron chi connectivity index (χ0n) is 15.5. The molecule has 0 bridgehead atoms. The first-order valence-corrected chi connectivity index (χ1v) is 9.35. The van der Waals surface area contributed by atoms with Gasteiger partial charge in [-0.05, 0) is 44.2 Å². The van der Waals surface area contributed by atoms with Crippen molar-refractivity contribution in [3.05, 3.63) is 34.1 Å². The van der Waals surface area contributed by atoms with E-state index in [1.165, 1.54) is 6.42 Å². The zero-order chi connectivity index (χ0) is 19.0. The average Bonchev–Trinajstić information content (AvgIpc) is 3.11. The average molecular weight is 367 g/mol.